The molecule has 3 heteroatoms. The van der Waals surface area contributed by atoms with Crippen molar-refractivity contribution >= 4 is 0 Å². The second-order valence-electron chi connectivity index (χ2n) is 3.06. The van der Waals surface area contributed by atoms with Crippen LogP contribution in [0.2, 0.25) is 0 Å². The predicted molar refractivity (Wildman–Crippen MR) is 41.8 cm³/mol. The van der Waals surface area contributed by atoms with Gasteiger partial charge in [-0.25, -0.2) is 0 Å². The minimum absolute atomic E-state index is 0. The zero-order valence-electron chi connectivity index (χ0n) is 7.41. The maximum absolute atomic E-state index is 5.19. The molecule has 2 nitrogen and oxygen atoms in total. The van der Waals surface area contributed by atoms with Crippen LogP contribution in [-0.4, -0.2) is 37.2 Å². The van der Waals surface area contributed by atoms with Crippen LogP contribution in [0.15, 0.2) is 0 Å². The largest absolute Gasteiger partial charge is 0.412 e. The van der Waals surface area contributed by atoms with Gasteiger partial charge in [-0.1, -0.05) is 6.10 Å². The van der Waals surface area contributed by atoms with E-state index in [0.717, 1.165) is 13.1 Å². The number of likely N-dealkylation sites (tertiary alicyclic amines) is 1. The van der Waals surface area contributed by atoms with E-state index < -0.39 is 0 Å². The Morgan fingerprint density at radius 3 is 2.45 bits per heavy atom. The fourth-order valence-electron chi connectivity index (χ4n) is 1.23. The van der Waals surface area contributed by atoms with E-state index in [2.05, 4.69) is 25.2 Å². The first-order valence-electron chi connectivity index (χ1n) is 3.84. The molecule has 0 aromatic rings. The molecule has 1 atom stereocenters. The van der Waals surface area contributed by atoms with Crippen LogP contribution in [0, 0.1) is 6.42 Å². The fraction of sp³-hybridized carbons (Fsp3) is 0.875. The SMILES string of the molecule is COC1[CH-]CN(C(C)C)C1.[W]. The third kappa shape index (κ3) is 3.23. The van der Waals surface area contributed by atoms with Crippen molar-refractivity contribution in [1.29, 1.82) is 0 Å². The molecule has 0 bridgehead atoms. The van der Waals surface area contributed by atoms with E-state index in [1.54, 1.807) is 7.11 Å². The Morgan fingerprint density at radius 2 is 2.18 bits per heavy atom. The standard InChI is InChI=1S/C8H16NO.W/c1-7(2)9-5-4-8(6-9)10-3;/h4,7-8H,5-6H2,1-3H3;/q-1;. The van der Waals surface area contributed by atoms with Crippen molar-refractivity contribution in [3.05, 3.63) is 6.42 Å². The predicted octanol–water partition coefficient (Wildman–Crippen LogP) is 0.927. The maximum atomic E-state index is 5.19. The topological polar surface area (TPSA) is 12.5 Å². The molecule has 0 aromatic carbocycles. The molecule has 66 valence electrons. The van der Waals surface area contributed by atoms with Gasteiger partial charge in [0.1, 0.15) is 0 Å². The summed E-state index contributed by atoms with van der Waals surface area (Å²) in [6, 6.07) is 0.649. The Kier molecular flexibility index (Phi) is 5.58. The number of nitrogens with zero attached hydrogens (tertiary/aromatic N) is 1. The van der Waals surface area contributed by atoms with Gasteiger partial charge in [-0.05, 0) is 20.4 Å². The van der Waals surface area contributed by atoms with E-state index in [4.69, 9.17) is 4.74 Å². The monoisotopic (exact) mass is 326 g/mol. The van der Waals surface area contributed by atoms with Crippen molar-refractivity contribution in [2.24, 2.45) is 0 Å². The zero-order chi connectivity index (χ0) is 7.56. The van der Waals surface area contributed by atoms with Gasteiger partial charge in [-0.3, -0.25) is 6.42 Å². The Morgan fingerprint density at radius 1 is 1.55 bits per heavy atom. The quantitative estimate of drug-likeness (QED) is 0.700. The van der Waals surface area contributed by atoms with Gasteiger partial charge in [0.25, 0.3) is 0 Å². The van der Waals surface area contributed by atoms with Crippen molar-refractivity contribution < 1.29 is 25.8 Å². The van der Waals surface area contributed by atoms with E-state index in [0.29, 0.717) is 12.1 Å². The van der Waals surface area contributed by atoms with Crippen LogP contribution in [0.25, 0.3) is 0 Å². The van der Waals surface area contributed by atoms with E-state index in [-0.39, 0.29) is 21.1 Å². The third-order valence-electron chi connectivity index (χ3n) is 2.05. The number of hydrogen-bond acceptors (Lipinski definition) is 2. The molecular weight excluding hydrogens is 310 g/mol. The van der Waals surface area contributed by atoms with Gasteiger partial charge in [0.2, 0.25) is 0 Å². The van der Waals surface area contributed by atoms with E-state index in [1.165, 1.54) is 0 Å². The molecule has 1 saturated heterocycles. The van der Waals surface area contributed by atoms with E-state index >= 15 is 0 Å². The zero-order valence-corrected chi connectivity index (χ0v) is 10.3. The van der Waals surface area contributed by atoms with Crippen LogP contribution < -0.4 is 0 Å². The summed E-state index contributed by atoms with van der Waals surface area (Å²) in [5.74, 6) is 0. The van der Waals surface area contributed by atoms with Gasteiger partial charge in [-0.15, -0.1) is 6.54 Å². The van der Waals surface area contributed by atoms with Gasteiger partial charge in [0, 0.05) is 34.2 Å². The Labute approximate surface area is 83.5 Å². The first-order chi connectivity index (χ1) is 4.74. The molecule has 1 heterocycles. The minimum Gasteiger partial charge on any atom is -0.412 e. The average molecular weight is 326 g/mol. The Bertz CT molecular complexity index is 108. The smallest absolute Gasteiger partial charge is 0.0323 e. The molecule has 0 aliphatic carbocycles. The third-order valence-corrected chi connectivity index (χ3v) is 2.05. The second-order valence-corrected chi connectivity index (χ2v) is 3.06. The normalized spacial score (nSPS) is 25.6. The molecule has 11 heavy (non-hydrogen) atoms. The van der Waals surface area contributed by atoms with Crippen molar-refractivity contribution in [3.8, 4) is 0 Å². The number of hydrogen-bond donors (Lipinski definition) is 0. The first kappa shape index (κ1) is 11.6. The molecule has 0 aromatic heterocycles. The molecule has 0 saturated carbocycles. The maximum Gasteiger partial charge on any atom is 0.0323 e. The van der Waals surface area contributed by atoms with Crippen molar-refractivity contribution in [2.45, 2.75) is 26.0 Å². The number of methoxy groups -OCH3 is 1. The van der Waals surface area contributed by atoms with Crippen molar-refractivity contribution in [2.75, 3.05) is 20.2 Å². The summed E-state index contributed by atoms with van der Waals surface area (Å²) in [7, 11) is 1.77. The minimum atomic E-state index is 0. The molecule has 1 fully saturated rings. The van der Waals surface area contributed by atoms with Gasteiger partial charge in [0.05, 0.1) is 0 Å². The van der Waals surface area contributed by atoms with Crippen LogP contribution in [0.1, 0.15) is 13.8 Å². The van der Waals surface area contributed by atoms with Crippen molar-refractivity contribution in [1.82, 2.24) is 4.90 Å². The van der Waals surface area contributed by atoms with E-state index in [9.17, 15) is 0 Å². The summed E-state index contributed by atoms with van der Waals surface area (Å²) in [4.78, 5) is 2.40. The second kappa shape index (κ2) is 5.29. The molecule has 1 aliphatic rings. The molecule has 0 amide bonds. The summed E-state index contributed by atoms with van der Waals surface area (Å²) in [5.41, 5.74) is 0. The summed E-state index contributed by atoms with van der Waals surface area (Å²) in [6.07, 6.45) is 2.59. The molecule has 1 unspecified atom stereocenters. The molecular formula is C8H16NOW-. The molecule has 0 spiro atoms. The number of rotatable bonds is 2. The van der Waals surface area contributed by atoms with Crippen LogP contribution in [0.5, 0.6) is 0 Å². The number of ether oxygens (including phenoxy) is 1. The molecule has 1 rings (SSSR count). The van der Waals surface area contributed by atoms with Gasteiger partial charge < -0.3 is 9.64 Å². The summed E-state index contributed by atoms with van der Waals surface area (Å²) >= 11 is 0. The van der Waals surface area contributed by atoms with Crippen LogP contribution in [0.4, 0.5) is 0 Å². The molecule has 0 radical (unpaired) electrons. The molecule has 0 N–H and O–H groups in total. The van der Waals surface area contributed by atoms with Gasteiger partial charge >= 0.3 is 0 Å². The van der Waals surface area contributed by atoms with Crippen LogP contribution >= 0.6 is 0 Å². The summed E-state index contributed by atoms with van der Waals surface area (Å²) < 4.78 is 5.19. The summed E-state index contributed by atoms with van der Waals surface area (Å²) in [6.45, 7) is 6.57. The Balaban J connectivity index is 0.000001000. The molecule has 1 aliphatic heterocycles. The van der Waals surface area contributed by atoms with Crippen molar-refractivity contribution in [3.63, 3.8) is 0 Å². The van der Waals surface area contributed by atoms with E-state index in [1.807, 2.05) is 0 Å². The van der Waals surface area contributed by atoms with Gasteiger partial charge in [-0.2, -0.15) is 0 Å². The summed E-state index contributed by atoms with van der Waals surface area (Å²) in [5, 5.41) is 0. The Hall–Kier alpha value is 0.608. The van der Waals surface area contributed by atoms with Gasteiger partial charge in [0.15, 0.2) is 0 Å². The average Bonchev–Trinajstić information content (AvgIpc) is 2.34. The fourth-order valence-corrected chi connectivity index (χ4v) is 1.23. The van der Waals surface area contributed by atoms with Crippen LogP contribution in [-0.2, 0) is 25.8 Å². The van der Waals surface area contributed by atoms with Crippen LogP contribution in [0.3, 0.4) is 0 Å². The first-order valence-corrected chi connectivity index (χ1v) is 3.84.